The van der Waals surface area contributed by atoms with Crippen LogP contribution in [0.3, 0.4) is 0 Å². The minimum Gasteiger partial charge on any atom is -0.320 e. The Morgan fingerprint density at radius 2 is 1.80 bits per heavy atom. The Bertz CT molecular complexity index is 920. The fraction of sp³-hybridized carbons (Fsp3) is 0.176. The summed E-state index contributed by atoms with van der Waals surface area (Å²) in [7, 11) is 0. The number of benzene rings is 1. The van der Waals surface area contributed by atoms with Gasteiger partial charge in [-0.05, 0) is 50.6 Å². The zero-order valence-corrected chi connectivity index (χ0v) is 16.3. The van der Waals surface area contributed by atoms with Crippen molar-refractivity contribution in [1.82, 2.24) is 15.0 Å². The van der Waals surface area contributed by atoms with Gasteiger partial charge in [0.05, 0.1) is 0 Å². The van der Waals surface area contributed by atoms with Crippen LogP contribution in [0.1, 0.15) is 27.4 Å². The molecule has 0 radical (unpaired) electrons. The van der Waals surface area contributed by atoms with E-state index in [1.165, 1.54) is 11.3 Å². The molecule has 8 heteroatoms. The van der Waals surface area contributed by atoms with Crippen LogP contribution in [0.5, 0.6) is 0 Å². The van der Waals surface area contributed by atoms with Gasteiger partial charge in [0.25, 0.3) is 5.91 Å². The van der Waals surface area contributed by atoms with Crippen molar-refractivity contribution in [1.29, 1.82) is 0 Å². The van der Waals surface area contributed by atoms with E-state index in [-0.39, 0.29) is 5.91 Å². The first-order valence-corrected chi connectivity index (χ1v) is 9.20. The summed E-state index contributed by atoms with van der Waals surface area (Å²) in [5, 5.41) is 8.19. The molecule has 1 amide bonds. The molecule has 6 nitrogen and oxygen atoms in total. The van der Waals surface area contributed by atoms with Gasteiger partial charge in [0.2, 0.25) is 5.95 Å². The summed E-state index contributed by atoms with van der Waals surface area (Å²) in [6, 6.07) is 7.58. The minimum atomic E-state index is -0.254. The van der Waals surface area contributed by atoms with Gasteiger partial charge in [-0.25, -0.2) is 15.0 Å². The number of aryl methyl sites for hydroxylation is 3. The summed E-state index contributed by atoms with van der Waals surface area (Å²) in [5.74, 6) is 0.221. The lowest BCUT2D eigenvalue weighted by atomic mass is 10.2. The highest BCUT2D eigenvalue weighted by atomic mass is 79.9. The van der Waals surface area contributed by atoms with Crippen molar-refractivity contribution in [3.05, 3.63) is 56.8 Å². The first-order chi connectivity index (χ1) is 11.9. The highest BCUT2D eigenvalue weighted by Gasteiger charge is 2.13. The molecule has 2 aromatic heterocycles. The largest absolute Gasteiger partial charge is 0.320 e. The highest BCUT2D eigenvalue weighted by molar-refractivity contribution is 9.10. The number of rotatable bonds is 4. The van der Waals surface area contributed by atoms with E-state index in [9.17, 15) is 4.79 Å². The van der Waals surface area contributed by atoms with Crippen LogP contribution in [-0.4, -0.2) is 20.9 Å². The number of carbonyl (C=O) groups excluding carboxylic acids is 1. The Balaban J connectivity index is 1.73. The van der Waals surface area contributed by atoms with E-state index in [4.69, 9.17) is 0 Å². The smallest absolute Gasteiger partial charge is 0.275 e. The molecule has 0 bridgehead atoms. The lowest BCUT2D eigenvalue weighted by molar-refractivity contribution is 0.102. The Morgan fingerprint density at radius 1 is 1.08 bits per heavy atom. The van der Waals surface area contributed by atoms with Gasteiger partial charge in [0.15, 0.2) is 5.13 Å². The second kappa shape index (κ2) is 7.28. The Kier molecular flexibility index (Phi) is 5.10. The third kappa shape index (κ3) is 4.40. The van der Waals surface area contributed by atoms with Crippen molar-refractivity contribution < 1.29 is 4.79 Å². The Labute approximate surface area is 157 Å². The molecule has 0 saturated carbocycles. The molecule has 0 aliphatic carbocycles. The highest BCUT2D eigenvalue weighted by Crippen LogP contribution is 2.23. The van der Waals surface area contributed by atoms with Crippen LogP contribution in [0.4, 0.5) is 16.8 Å². The zero-order valence-electron chi connectivity index (χ0n) is 13.9. The van der Waals surface area contributed by atoms with E-state index in [0.29, 0.717) is 16.8 Å². The van der Waals surface area contributed by atoms with Gasteiger partial charge in [-0.2, -0.15) is 0 Å². The van der Waals surface area contributed by atoms with Crippen molar-refractivity contribution in [2.24, 2.45) is 0 Å². The quantitative estimate of drug-likeness (QED) is 0.647. The molecule has 2 heterocycles. The van der Waals surface area contributed by atoms with Gasteiger partial charge in [-0.15, -0.1) is 11.3 Å². The molecular weight excluding hydrogens is 402 g/mol. The van der Waals surface area contributed by atoms with Crippen LogP contribution in [-0.2, 0) is 0 Å². The molecule has 0 unspecified atom stereocenters. The number of anilines is 3. The number of aromatic nitrogens is 3. The van der Waals surface area contributed by atoms with Crippen LogP contribution in [0.2, 0.25) is 0 Å². The number of hydrogen-bond donors (Lipinski definition) is 2. The third-order valence-corrected chi connectivity index (χ3v) is 4.63. The second-order valence-electron chi connectivity index (χ2n) is 5.55. The van der Waals surface area contributed by atoms with Gasteiger partial charge in [0.1, 0.15) is 5.69 Å². The Hall–Kier alpha value is -2.32. The average Bonchev–Trinajstić information content (AvgIpc) is 2.97. The Morgan fingerprint density at radius 3 is 2.48 bits per heavy atom. The molecule has 0 aliphatic rings. The lowest BCUT2D eigenvalue weighted by Gasteiger charge is -2.07. The summed E-state index contributed by atoms with van der Waals surface area (Å²) >= 11 is 4.74. The van der Waals surface area contributed by atoms with E-state index < -0.39 is 0 Å². The number of nitrogens with one attached hydrogen (secondary N) is 2. The van der Waals surface area contributed by atoms with Gasteiger partial charge in [0, 0.05) is 26.9 Å². The number of thiazole rings is 1. The number of amides is 1. The van der Waals surface area contributed by atoms with Gasteiger partial charge in [-0.1, -0.05) is 15.9 Å². The van der Waals surface area contributed by atoms with Crippen LogP contribution in [0.25, 0.3) is 0 Å². The number of hydrogen-bond acceptors (Lipinski definition) is 6. The summed E-state index contributed by atoms with van der Waals surface area (Å²) in [5.41, 5.74) is 3.82. The molecule has 25 heavy (non-hydrogen) atoms. The molecule has 0 spiro atoms. The standard InChI is InChI=1S/C17H16BrN5OS/c1-9-6-12(18)4-5-13(9)21-15(24)14-8-25-17(22-14)23-16-19-10(2)7-11(3)20-16/h4-8H,1-3H3,(H,21,24)(H,19,20,22,23). The van der Waals surface area contributed by atoms with Crippen LogP contribution in [0, 0.1) is 20.8 Å². The number of halogens is 1. The summed E-state index contributed by atoms with van der Waals surface area (Å²) in [4.78, 5) is 25.3. The van der Waals surface area contributed by atoms with Crippen molar-refractivity contribution in [2.45, 2.75) is 20.8 Å². The summed E-state index contributed by atoms with van der Waals surface area (Å²) in [6.07, 6.45) is 0. The van der Waals surface area contributed by atoms with E-state index in [2.05, 4.69) is 41.5 Å². The fourth-order valence-electron chi connectivity index (χ4n) is 2.27. The van der Waals surface area contributed by atoms with Crippen LogP contribution in [0.15, 0.2) is 34.1 Å². The molecule has 0 fully saturated rings. The van der Waals surface area contributed by atoms with E-state index >= 15 is 0 Å². The summed E-state index contributed by atoms with van der Waals surface area (Å²) < 4.78 is 0.969. The monoisotopic (exact) mass is 417 g/mol. The lowest BCUT2D eigenvalue weighted by Crippen LogP contribution is -2.13. The maximum absolute atomic E-state index is 12.4. The van der Waals surface area contributed by atoms with Crippen molar-refractivity contribution in [3.8, 4) is 0 Å². The van der Waals surface area contributed by atoms with Gasteiger partial charge < -0.3 is 10.6 Å². The van der Waals surface area contributed by atoms with Crippen LogP contribution < -0.4 is 10.6 Å². The van der Waals surface area contributed by atoms with Gasteiger partial charge in [-0.3, -0.25) is 4.79 Å². The minimum absolute atomic E-state index is 0.254. The van der Waals surface area contributed by atoms with E-state index in [1.54, 1.807) is 5.38 Å². The molecule has 1 aromatic carbocycles. The predicted octanol–water partition coefficient (Wildman–Crippen LogP) is 4.62. The molecule has 0 aliphatic heterocycles. The fourth-order valence-corrected chi connectivity index (χ4v) is 3.43. The first-order valence-electron chi connectivity index (χ1n) is 7.53. The SMILES string of the molecule is Cc1cc(C)nc(Nc2nc(C(=O)Nc3ccc(Br)cc3C)cs2)n1. The number of nitrogens with zero attached hydrogens (tertiary/aromatic N) is 3. The predicted molar refractivity (Wildman–Crippen MR) is 104 cm³/mol. The third-order valence-electron chi connectivity index (χ3n) is 3.37. The average molecular weight is 418 g/mol. The van der Waals surface area contributed by atoms with Gasteiger partial charge >= 0.3 is 0 Å². The normalized spacial score (nSPS) is 10.6. The maximum atomic E-state index is 12.4. The molecular formula is C17H16BrN5OS. The zero-order chi connectivity index (χ0) is 18.0. The van der Waals surface area contributed by atoms with Crippen LogP contribution >= 0.6 is 27.3 Å². The van der Waals surface area contributed by atoms with E-state index in [1.807, 2.05) is 45.0 Å². The van der Waals surface area contributed by atoms with Crippen molar-refractivity contribution in [3.63, 3.8) is 0 Å². The summed E-state index contributed by atoms with van der Waals surface area (Å²) in [6.45, 7) is 5.74. The van der Waals surface area contributed by atoms with E-state index in [0.717, 1.165) is 27.1 Å². The molecule has 0 saturated heterocycles. The molecule has 0 atom stereocenters. The molecule has 3 aromatic rings. The topological polar surface area (TPSA) is 79.8 Å². The molecule has 3 rings (SSSR count). The van der Waals surface area contributed by atoms with Crippen molar-refractivity contribution >= 4 is 49.9 Å². The maximum Gasteiger partial charge on any atom is 0.275 e. The second-order valence-corrected chi connectivity index (χ2v) is 7.32. The molecule has 128 valence electrons. The van der Waals surface area contributed by atoms with Crippen molar-refractivity contribution in [2.75, 3.05) is 10.6 Å². The first kappa shape index (κ1) is 17.5. The molecule has 2 N–H and O–H groups in total. The number of carbonyl (C=O) groups is 1.